The van der Waals surface area contributed by atoms with Crippen molar-refractivity contribution >= 4 is 17.8 Å². The molecule has 0 radical (unpaired) electrons. The lowest BCUT2D eigenvalue weighted by atomic mass is 10.1. The van der Waals surface area contributed by atoms with E-state index in [9.17, 15) is 9.59 Å². The second-order valence-electron chi connectivity index (χ2n) is 3.82. The number of carbonyl (C=O) groups excluding carboxylic acids is 2. The number of anilines is 1. The first-order valence-corrected chi connectivity index (χ1v) is 5.46. The van der Waals surface area contributed by atoms with E-state index in [4.69, 9.17) is 0 Å². The monoisotopic (exact) mass is 227 g/mol. The van der Waals surface area contributed by atoms with E-state index in [1.165, 1.54) is 0 Å². The molecule has 17 heavy (non-hydrogen) atoms. The van der Waals surface area contributed by atoms with E-state index in [1.54, 1.807) is 6.08 Å². The molecule has 3 heteroatoms. The normalized spacial score (nSPS) is 15.1. The van der Waals surface area contributed by atoms with Crippen molar-refractivity contribution in [3.05, 3.63) is 54.1 Å². The van der Waals surface area contributed by atoms with Crippen LogP contribution < -0.4 is 4.90 Å². The van der Waals surface area contributed by atoms with Crippen LogP contribution in [0.1, 0.15) is 0 Å². The molecule has 0 atom stereocenters. The minimum absolute atomic E-state index is 0.369. The van der Waals surface area contributed by atoms with Gasteiger partial charge in [0.25, 0.3) is 0 Å². The average Bonchev–Trinajstić information content (AvgIpc) is 2.64. The minimum atomic E-state index is -0.447. The van der Waals surface area contributed by atoms with Gasteiger partial charge in [-0.05, 0) is 12.1 Å². The van der Waals surface area contributed by atoms with Crippen molar-refractivity contribution in [2.75, 3.05) is 18.0 Å². The van der Waals surface area contributed by atoms with E-state index in [0.29, 0.717) is 18.4 Å². The molecule has 0 amide bonds. The molecular formula is C14H13NO2. The molecule has 0 saturated heterocycles. The molecule has 1 aromatic carbocycles. The Balaban J connectivity index is 2.22. The number of hydrogen-bond donors (Lipinski definition) is 0. The summed E-state index contributed by atoms with van der Waals surface area (Å²) in [6.07, 6.45) is 5.87. The summed E-state index contributed by atoms with van der Waals surface area (Å²) in [7, 11) is 0. The zero-order valence-corrected chi connectivity index (χ0v) is 9.37. The number of aldehydes is 1. The number of hydrogen-bond acceptors (Lipinski definition) is 3. The Morgan fingerprint density at radius 3 is 2.71 bits per heavy atom. The second kappa shape index (κ2) is 5.25. The van der Waals surface area contributed by atoms with Crippen LogP contribution in [0.2, 0.25) is 0 Å². The molecule has 0 fully saturated rings. The largest absolute Gasteiger partial charge is 0.363 e. The second-order valence-corrected chi connectivity index (χ2v) is 3.82. The topological polar surface area (TPSA) is 37.4 Å². The number of benzene rings is 1. The summed E-state index contributed by atoms with van der Waals surface area (Å²) < 4.78 is 0. The lowest BCUT2D eigenvalue weighted by molar-refractivity contribution is -0.127. The Bertz CT molecular complexity index is 474. The molecule has 0 N–H and O–H groups in total. The molecule has 1 aliphatic rings. The summed E-state index contributed by atoms with van der Waals surface area (Å²) >= 11 is 0. The van der Waals surface area contributed by atoms with Crippen LogP contribution in [0, 0.1) is 0 Å². The van der Waals surface area contributed by atoms with Gasteiger partial charge in [0, 0.05) is 24.4 Å². The number of ketones is 1. The fourth-order valence-electron chi connectivity index (χ4n) is 1.77. The molecule has 0 aliphatic carbocycles. The summed E-state index contributed by atoms with van der Waals surface area (Å²) in [6, 6.07) is 9.83. The van der Waals surface area contributed by atoms with Gasteiger partial charge in [0.1, 0.15) is 0 Å². The summed E-state index contributed by atoms with van der Waals surface area (Å²) in [5.41, 5.74) is 1.57. The predicted octanol–water partition coefficient (Wildman–Crippen LogP) is 1.76. The van der Waals surface area contributed by atoms with Crippen molar-refractivity contribution in [2.24, 2.45) is 0 Å². The zero-order valence-electron chi connectivity index (χ0n) is 9.37. The van der Waals surface area contributed by atoms with Crippen LogP contribution in [-0.2, 0) is 9.59 Å². The van der Waals surface area contributed by atoms with Gasteiger partial charge in [0.2, 0.25) is 5.78 Å². The summed E-state index contributed by atoms with van der Waals surface area (Å²) in [5, 5.41) is 0. The third-order valence-electron chi connectivity index (χ3n) is 2.67. The fraction of sp³-hybridized carbons (Fsp3) is 0.143. The molecule has 1 aliphatic heterocycles. The number of allylic oxidation sites excluding steroid dienone is 2. The smallest absolute Gasteiger partial charge is 0.223 e. The summed E-state index contributed by atoms with van der Waals surface area (Å²) in [4.78, 5) is 24.0. The molecule has 0 unspecified atom stereocenters. The minimum Gasteiger partial charge on any atom is -0.363 e. The Hall–Kier alpha value is -2.16. The zero-order chi connectivity index (χ0) is 12.1. The molecular weight excluding hydrogens is 214 g/mol. The van der Waals surface area contributed by atoms with Crippen molar-refractivity contribution in [2.45, 2.75) is 0 Å². The summed E-state index contributed by atoms with van der Waals surface area (Å²) in [6.45, 7) is 1.20. The van der Waals surface area contributed by atoms with Gasteiger partial charge in [-0.25, -0.2) is 0 Å². The van der Waals surface area contributed by atoms with E-state index >= 15 is 0 Å². The standard InChI is InChI=1S/C14H13NO2/c16-11-14(17)12-6-4-5-9-15(10-12)13-7-2-1-3-8-13/h1-8,11H,9-10H2. The lowest BCUT2D eigenvalue weighted by Gasteiger charge is -2.22. The highest BCUT2D eigenvalue weighted by atomic mass is 16.2. The van der Waals surface area contributed by atoms with Crippen LogP contribution in [0.5, 0.6) is 0 Å². The van der Waals surface area contributed by atoms with E-state index in [0.717, 1.165) is 12.2 Å². The maximum absolute atomic E-state index is 11.4. The van der Waals surface area contributed by atoms with Gasteiger partial charge in [-0.2, -0.15) is 0 Å². The molecule has 3 nitrogen and oxygen atoms in total. The molecule has 0 spiro atoms. The van der Waals surface area contributed by atoms with Crippen LogP contribution in [0.3, 0.4) is 0 Å². The quantitative estimate of drug-likeness (QED) is 0.583. The Labute approximate surface area is 100 Å². The van der Waals surface area contributed by atoms with E-state index < -0.39 is 5.78 Å². The first-order chi connectivity index (χ1) is 8.31. The van der Waals surface area contributed by atoms with Crippen LogP contribution >= 0.6 is 0 Å². The van der Waals surface area contributed by atoms with Gasteiger partial charge >= 0.3 is 0 Å². The number of para-hydroxylation sites is 1. The molecule has 0 bridgehead atoms. The van der Waals surface area contributed by atoms with Crippen molar-refractivity contribution < 1.29 is 9.59 Å². The van der Waals surface area contributed by atoms with Gasteiger partial charge in [0.15, 0.2) is 6.29 Å². The molecule has 1 aromatic rings. The van der Waals surface area contributed by atoms with Crippen molar-refractivity contribution in [1.82, 2.24) is 0 Å². The van der Waals surface area contributed by atoms with Crippen LogP contribution in [0.25, 0.3) is 0 Å². The number of nitrogens with zero attached hydrogens (tertiary/aromatic N) is 1. The third-order valence-corrected chi connectivity index (χ3v) is 2.67. The average molecular weight is 227 g/mol. The van der Waals surface area contributed by atoms with Gasteiger partial charge in [-0.1, -0.05) is 36.4 Å². The van der Waals surface area contributed by atoms with Crippen LogP contribution in [0.15, 0.2) is 54.1 Å². The van der Waals surface area contributed by atoms with E-state index in [1.807, 2.05) is 42.5 Å². The van der Waals surface area contributed by atoms with Gasteiger partial charge in [-0.3, -0.25) is 9.59 Å². The van der Waals surface area contributed by atoms with Gasteiger partial charge in [0.05, 0.1) is 0 Å². The van der Waals surface area contributed by atoms with Gasteiger partial charge in [-0.15, -0.1) is 0 Å². The maximum atomic E-state index is 11.4. The van der Waals surface area contributed by atoms with Crippen LogP contribution in [0.4, 0.5) is 5.69 Å². The molecule has 0 saturated carbocycles. The highest BCUT2D eigenvalue weighted by molar-refractivity contribution is 6.33. The number of Topliss-reactive ketones (excluding diaryl/α,β-unsaturated/α-hetero) is 1. The van der Waals surface area contributed by atoms with Crippen LogP contribution in [-0.4, -0.2) is 25.2 Å². The molecule has 86 valence electrons. The maximum Gasteiger partial charge on any atom is 0.223 e. The first-order valence-electron chi connectivity index (χ1n) is 5.46. The van der Waals surface area contributed by atoms with Gasteiger partial charge < -0.3 is 4.90 Å². The number of rotatable bonds is 3. The lowest BCUT2D eigenvalue weighted by Crippen LogP contribution is -2.27. The fourth-order valence-corrected chi connectivity index (χ4v) is 1.77. The first kappa shape index (κ1) is 11.3. The highest BCUT2D eigenvalue weighted by Gasteiger charge is 2.14. The molecule has 0 aromatic heterocycles. The Morgan fingerprint density at radius 2 is 2.00 bits per heavy atom. The van der Waals surface area contributed by atoms with Crippen molar-refractivity contribution in [3.8, 4) is 0 Å². The Morgan fingerprint density at radius 1 is 1.24 bits per heavy atom. The predicted molar refractivity (Wildman–Crippen MR) is 66.9 cm³/mol. The Kier molecular flexibility index (Phi) is 3.50. The van der Waals surface area contributed by atoms with Crippen molar-refractivity contribution in [3.63, 3.8) is 0 Å². The summed E-state index contributed by atoms with van der Waals surface area (Å²) in [5.74, 6) is -0.447. The highest BCUT2D eigenvalue weighted by Crippen LogP contribution is 2.16. The van der Waals surface area contributed by atoms with Crippen molar-refractivity contribution in [1.29, 1.82) is 0 Å². The SMILES string of the molecule is O=CC(=O)C1=CC=CCN(c2ccccc2)C1. The number of carbonyl (C=O) groups is 2. The van der Waals surface area contributed by atoms with E-state index in [-0.39, 0.29) is 0 Å². The molecule has 2 rings (SSSR count). The van der Waals surface area contributed by atoms with E-state index in [2.05, 4.69) is 4.90 Å². The molecule has 1 heterocycles. The third kappa shape index (κ3) is 2.69.